The number of fused-ring (bicyclic) bond motifs is 1. The second-order valence-electron chi connectivity index (χ2n) is 9.11. The third-order valence-corrected chi connectivity index (χ3v) is 6.74. The van der Waals surface area contributed by atoms with Crippen LogP contribution in [0.15, 0.2) is 47.1 Å². The Morgan fingerprint density at radius 3 is 2.55 bits per heavy atom. The van der Waals surface area contributed by atoms with E-state index >= 15 is 0 Å². The average Bonchev–Trinajstić information content (AvgIpc) is 3.51. The predicted molar refractivity (Wildman–Crippen MR) is 132 cm³/mol. The van der Waals surface area contributed by atoms with Gasteiger partial charge in [0.15, 0.2) is 17.1 Å². The molecule has 1 heterocycles. The number of hydrogen-bond acceptors (Lipinski definition) is 5. The molecule has 1 fully saturated rings. The fourth-order valence-corrected chi connectivity index (χ4v) is 4.83. The lowest BCUT2D eigenvalue weighted by molar-refractivity contribution is 0.101. The second-order valence-corrected chi connectivity index (χ2v) is 9.11. The zero-order valence-electron chi connectivity index (χ0n) is 20.0. The van der Waals surface area contributed by atoms with Crippen molar-refractivity contribution in [2.75, 3.05) is 19.8 Å². The predicted octanol–water partition coefficient (Wildman–Crippen LogP) is 6.43. The van der Waals surface area contributed by atoms with Crippen molar-refractivity contribution in [1.29, 1.82) is 0 Å². The van der Waals surface area contributed by atoms with Crippen molar-refractivity contribution >= 4 is 16.8 Å². The number of carbonyl (C=O) groups excluding carboxylic acids is 1. The molecule has 5 heteroatoms. The number of aryl methyl sites for hydroxylation is 1. The number of ether oxygens (including phenoxy) is 2. The smallest absolute Gasteiger partial charge is 0.205 e. The van der Waals surface area contributed by atoms with E-state index in [-0.39, 0.29) is 5.78 Å². The highest BCUT2D eigenvalue weighted by atomic mass is 16.5. The molecule has 0 saturated heterocycles. The molecule has 1 unspecified atom stereocenters. The van der Waals surface area contributed by atoms with Gasteiger partial charge in [-0.15, -0.1) is 0 Å². The normalized spacial score (nSPS) is 15.1. The summed E-state index contributed by atoms with van der Waals surface area (Å²) in [5.41, 5.74) is 3.38. The van der Waals surface area contributed by atoms with Crippen LogP contribution in [0.2, 0.25) is 0 Å². The van der Waals surface area contributed by atoms with E-state index in [2.05, 4.69) is 36.5 Å². The molecule has 1 aliphatic carbocycles. The Morgan fingerprint density at radius 1 is 1.09 bits per heavy atom. The Kier molecular flexibility index (Phi) is 7.71. The van der Waals surface area contributed by atoms with Gasteiger partial charge in [-0.2, -0.15) is 0 Å². The van der Waals surface area contributed by atoms with Crippen molar-refractivity contribution in [3.63, 3.8) is 0 Å². The molecule has 0 radical (unpaired) electrons. The zero-order valence-corrected chi connectivity index (χ0v) is 20.0. The molecule has 1 atom stereocenters. The summed E-state index contributed by atoms with van der Waals surface area (Å²) in [4.78, 5) is 12.6. The van der Waals surface area contributed by atoms with Crippen LogP contribution < -0.4 is 14.8 Å². The van der Waals surface area contributed by atoms with Crippen molar-refractivity contribution in [3.8, 4) is 11.5 Å². The average molecular weight is 450 g/mol. The van der Waals surface area contributed by atoms with E-state index in [1.807, 2.05) is 19.1 Å². The highest BCUT2D eigenvalue weighted by molar-refractivity contribution is 6.05. The van der Waals surface area contributed by atoms with Gasteiger partial charge in [0, 0.05) is 18.0 Å². The number of Topliss-reactive ketones (excluding diaryl/α,β-unsaturated/α-hetero) is 1. The standard InChI is InChI=1S/C28H35NO4/c1-19(22-9-5-4-6-10-22)13-16-32-28-26-24(14-17-31-26)20(2)25(21(3)30)27(28)33-18-15-29-23-11-7-8-12-23/h4-6,9-10,14,17,19,23,29H,7-8,11-13,15-16,18H2,1-3H3. The molecule has 0 bridgehead atoms. The minimum absolute atomic E-state index is 0.0307. The van der Waals surface area contributed by atoms with Gasteiger partial charge in [0.05, 0.1) is 18.4 Å². The molecule has 5 nitrogen and oxygen atoms in total. The van der Waals surface area contributed by atoms with E-state index in [1.54, 1.807) is 13.2 Å². The van der Waals surface area contributed by atoms with Crippen molar-refractivity contribution in [2.45, 2.75) is 64.8 Å². The molecule has 33 heavy (non-hydrogen) atoms. The fraction of sp³-hybridized carbons (Fsp3) is 0.464. The van der Waals surface area contributed by atoms with Gasteiger partial charge in [-0.3, -0.25) is 4.79 Å². The summed E-state index contributed by atoms with van der Waals surface area (Å²) >= 11 is 0. The van der Waals surface area contributed by atoms with Crippen molar-refractivity contribution < 1.29 is 18.7 Å². The summed E-state index contributed by atoms with van der Waals surface area (Å²) in [6, 6.07) is 12.9. The summed E-state index contributed by atoms with van der Waals surface area (Å²) in [5, 5.41) is 4.46. The third kappa shape index (κ3) is 5.41. The van der Waals surface area contributed by atoms with Crippen molar-refractivity contribution in [1.82, 2.24) is 5.32 Å². The van der Waals surface area contributed by atoms with Crippen LogP contribution in [0.4, 0.5) is 0 Å². The van der Waals surface area contributed by atoms with Gasteiger partial charge in [0.1, 0.15) is 6.61 Å². The van der Waals surface area contributed by atoms with E-state index in [0.29, 0.717) is 47.8 Å². The molecule has 3 aromatic rings. The summed E-state index contributed by atoms with van der Waals surface area (Å²) < 4.78 is 18.3. The Hall–Kier alpha value is -2.79. The maximum atomic E-state index is 12.6. The first-order valence-electron chi connectivity index (χ1n) is 12.1. The molecule has 0 aliphatic heterocycles. The molecule has 0 spiro atoms. The van der Waals surface area contributed by atoms with E-state index in [9.17, 15) is 4.79 Å². The van der Waals surface area contributed by atoms with Crippen LogP contribution in [0, 0.1) is 6.92 Å². The first kappa shape index (κ1) is 23.4. The van der Waals surface area contributed by atoms with Crippen LogP contribution in [-0.2, 0) is 0 Å². The van der Waals surface area contributed by atoms with Crippen LogP contribution in [0.25, 0.3) is 11.0 Å². The number of furan rings is 1. The van der Waals surface area contributed by atoms with Gasteiger partial charge in [-0.05, 0) is 56.2 Å². The van der Waals surface area contributed by atoms with Crippen molar-refractivity contribution in [2.24, 2.45) is 0 Å². The molecular formula is C28H35NO4. The summed E-state index contributed by atoms with van der Waals surface area (Å²) in [7, 11) is 0. The second kappa shape index (κ2) is 10.9. The topological polar surface area (TPSA) is 60.7 Å². The number of benzene rings is 2. The molecule has 1 N–H and O–H groups in total. The summed E-state index contributed by atoms with van der Waals surface area (Å²) in [6.07, 6.45) is 7.53. The number of rotatable bonds is 11. The Bertz CT molecular complexity index is 1070. The fourth-order valence-electron chi connectivity index (χ4n) is 4.83. The molecule has 1 aromatic heterocycles. The van der Waals surface area contributed by atoms with Crippen LogP contribution in [0.3, 0.4) is 0 Å². The van der Waals surface area contributed by atoms with Crippen molar-refractivity contribution in [3.05, 3.63) is 59.4 Å². The van der Waals surface area contributed by atoms with E-state index in [4.69, 9.17) is 13.9 Å². The molecule has 0 amide bonds. The highest BCUT2D eigenvalue weighted by Crippen LogP contribution is 2.43. The highest BCUT2D eigenvalue weighted by Gasteiger charge is 2.25. The van der Waals surface area contributed by atoms with Gasteiger partial charge >= 0.3 is 0 Å². The van der Waals surface area contributed by atoms with Gasteiger partial charge in [0.25, 0.3) is 0 Å². The number of carbonyl (C=O) groups is 1. The number of hydrogen-bond donors (Lipinski definition) is 1. The van der Waals surface area contributed by atoms with Gasteiger partial charge in [0.2, 0.25) is 5.75 Å². The van der Waals surface area contributed by atoms with Crippen LogP contribution >= 0.6 is 0 Å². The zero-order chi connectivity index (χ0) is 23.2. The minimum atomic E-state index is -0.0307. The lowest BCUT2D eigenvalue weighted by Gasteiger charge is -2.20. The number of nitrogens with one attached hydrogen (secondary N) is 1. The largest absolute Gasteiger partial charge is 0.487 e. The Labute approximate surface area is 196 Å². The van der Waals surface area contributed by atoms with E-state index in [1.165, 1.54) is 31.2 Å². The Balaban J connectivity index is 1.53. The number of ketones is 1. The maximum Gasteiger partial charge on any atom is 0.205 e. The van der Waals surface area contributed by atoms with E-state index in [0.717, 1.165) is 23.9 Å². The summed E-state index contributed by atoms with van der Waals surface area (Å²) in [5.74, 6) is 1.36. The molecule has 1 aliphatic rings. The van der Waals surface area contributed by atoms with Crippen LogP contribution in [0.5, 0.6) is 11.5 Å². The van der Waals surface area contributed by atoms with E-state index < -0.39 is 0 Å². The lowest BCUT2D eigenvalue weighted by atomic mass is 9.98. The molecule has 4 rings (SSSR count). The molecule has 176 valence electrons. The quantitative estimate of drug-likeness (QED) is 0.270. The minimum Gasteiger partial charge on any atom is -0.487 e. The monoisotopic (exact) mass is 449 g/mol. The first-order chi connectivity index (χ1) is 16.1. The van der Waals surface area contributed by atoms with Crippen LogP contribution in [0.1, 0.15) is 73.4 Å². The van der Waals surface area contributed by atoms with Crippen LogP contribution in [-0.4, -0.2) is 31.6 Å². The lowest BCUT2D eigenvalue weighted by Crippen LogP contribution is -2.30. The van der Waals surface area contributed by atoms with Gasteiger partial charge in [-0.25, -0.2) is 0 Å². The van der Waals surface area contributed by atoms with Gasteiger partial charge < -0.3 is 19.2 Å². The van der Waals surface area contributed by atoms with Gasteiger partial charge in [-0.1, -0.05) is 50.1 Å². The Morgan fingerprint density at radius 2 is 1.82 bits per heavy atom. The maximum absolute atomic E-state index is 12.6. The summed E-state index contributed by atoms with van der Waals surface area (Å²) in [6.45, 7) is 7.44. The molecule has 2 aromatic carbocycles. The SMILES string of the molecule is CC(=O)c1c(OCCNC2CCCC2)c(OCCC(C)c2ccccc2)c2occc2c1C. The first-order valence-corrected chi connectivity index (χ1v) is 12.1. The molecular weight excluding hydrogens is 414 g/mol. The third-order valence-electron chi connectivity index (χ3n) is 6.74. The molecule has 1 saturated carbocycles.